The molecule has 1 heterocycles. The minimum Gasteiger partial charge on any atom is -0.348 e. The van der Waals surface area contributed by atoms with Gasteiger partial charge in [0, 0.05) is 24.8 Å². The van der Waals surface area contributed by atoms with Gasteiger partial charge in [-0.05, 0) is 35.9 Å². The van der Waals surface area contributed by atoms with Gasteiger partial charge in [-0.2, -0.15) is 0 Å². The van der Waals surface area contributed by atoms with Crippen LogP contribution in [0.3, 0.4) is 0 Å². The second kappa shape index (κ2) is 7.01. The average molecular weight is 310 g/mol. The van der Waals surface area contributed by atoms with Crippen LogP contribution in [0.15, 0.2) is 72.9 Å². The van der Waals surface area contributed by atoms with E-state index < -0.39 is 0 Å². The third-order valence-electron chi connectivity index (χ3n) is 3.58. The molecule has 0 bridgehead atoms. The Kier molecular flexibility index (Phi) is 4.62. The number of hydrogen-bond donors (Lipinski definition) is 0. The molecule has 0 amide bonds. The highest BCUT2D eigenvalue weighted by Crippen LogP contribution is 2.19. The second-order valence-corrected chi connectivity index (χ2v) is 5.26. The number of halogens is 2. The number of rotatable bonds is 5. The van der Waals surface area contributed by atoms with Gasteiger partial charge in [0.1, 0.15) is 17.5 Å². The third-order valence-corrected chi connectivity index (χ3v) is 3.58. The van der Waals surface area contributed by atoms with Crippen LogP contribution in [0.25, 0.3) is 0 Å². The number of pyridine rings is 1. The molecule has 23 heavy (non-hydrogen) atoms. The van der Waals surface area contributed by atoms with E-state index in [9.17, 15) is 8.78 Å². The predicted octanol–water partition coefficient (Wildman–Crippen LogP) is 4.57. The Morgan fingerprint density at radius 1 is 0.783 bits per heavy atom. The summed E-state index contributed by atoms with van der Waals surface area (Å²) in [6.07, 6.45) is 1.70. The molecule has 0 aliphatic carbocycles. The van der Waals surface area contributed by atoms with Gasteiger partial charge in [0.15, 0.2) is 0 Å². The van der Waals surface area contributed by atoms with Crippen LogP contribution >= 0.6 is 0 Å². The first-order valence-electron chi connectivity index (χ1n) is 7.36. The maximum absolute atomic E-state index is 14.0. The van der Waals surface area contributed by atoms with Crippen molar-refractivity contribution in [3.8, 4) is 0 Å². The molecular formula is C19H16F2N2. The van der Waals surface area contributed by atoms with Gasteiger partial charge in [-0.15, -0.1) is 0 Å². The quantitative estimate of drug-likeness (QED) is 0.686. The summed E-state index contributed by atoms with van der Waals surface area (Å²) in [6.45, 7) is 0.909. The lowest BCUT2D eigenvalue weighted by atomic mass is 10.1. The fraction of sp³-hybridized carbons (Fsp3) is 0.105. The average Bonchev–Trinajstić information content (AvgIpc) is 2.59. The van der Waals surface area contributed by atoms with Gasteiger partial charge < -0.3 is 4.90 Å². The predicted molar refractivity (Wildman–Crippen MR) is 86.9 cm³/mol. The van der Waals surface area contributed by atoms with E-state index in [0.29, 0.717) is 18.7 Å². The van der Waals surface area contributed by atoms with Crippen molar-refractivity contribution in [2.75, 3.05) is 4.90 Å². The van der Waals surface area contributed by atoms with Crippen LogP contribution in [0.1, 0.15) is 11.1 Å². The molecular weight excluding hydrogens is 294 g/mol. The molecule has 0 unspecified atom stereocenters. The number of aromatic nitrogens is 1. The molecule has 1 aromatic heterocycles. The molecule has 0 N–H and O–H groups in total. The minimum absolute atomic E-state index is 0.243. The summed E-state index contributed by atoms with van der Waals surface area (Å²) in [5, 5.41) is 0. The molecule has 0 spiro atoms. The molecule has 0 aliphatic heterocycles. The summed E-state index contributed by atoms with van der Waals surface area (Å²) in [4.78, 5) is 6.31. The molecule has 0 saturated carbocycles. The van der Waals surface area contributed by atoms with E-state index in [4.69, 9.17) is 0 Å². The first-order chi connectivity index (χ1) is 11.2. The van der Waals surface area contributed by atoms with Crippen molar-refractivity contribution in [1.29, 1.82) is 0 Å². The Balaban J connectivity index is 1.88. The van der Waals surface area contributed by atoms with E-state index in [1.807, 2.05) is 29.2 Å². The van der Waals surface area contributed by atoms with Crippen LogP contribution in [-0.4, -0.2) is 4.98 Å². The highest BCUT2D eigenvalue weighted by molar-refractivity contribution is 5.40. The molecule has 2 nitrogen and oxygen atoms in total. The van der Waals surface area contributed by atoms with Crippen molar-refractivity contribution in [2.24, 2.45) is 0 Å². The lowest BCUT2D eigenvalue weighted by molar-refractivity contribution is 0.602. The Labute approximate surface area is 134 Å². The molecule has 2 aromatic carbocycles. The smallest absolute Gasteiger partial charge is 0.129 e. The van der Waals surface area contributed by atoms with Gasteiger partial charge in [0.2, 0.25) is 0 Å². The first-order valence-corrected chi connectivity index (χ1v) is 7.36. The van der Waals surface area contributed by atoms with E-state index >= 15 is 0 Å². The van der Waals surface area contributed by atoms with Crippen molar-refractivity contribution in [3.63, 3.8) is 0 Å². The molecule has 4 heteroatoms. The minimum atomic E-state index is -0.271. The van der Waals surface area contributed by atoms with Crippen LogP contribution in [-0.2, 0) is 13.1 Å². The van der Waals surface area contributed by atoms with Gasteiger partial charge in [0.05, 0.1) is 0 Å². The highest BCUT2D eigenvalue weighted by Gasteiger charge is 2.12. The lowest BCUT2D eigenvalue weighted by Crippen LogP contribution is -2.23. The maximum atomic E-state index is 14.0. The van der Waals surface area contributed by atoms with Crippen LogP contribution in [0.4, 0.5) is 14.6 Å². The fourth-order valence-corrected chi connectivity index (χ4v) is 2.40. The standard InChI is InChI=1S/C19H16F2N2/c20-17-10-8-15(9-11-17)13-23(19-7-3-4-12-22-19)14-16-5-1-2-6-18(16)21/h1-12H,13-14H2. The lowest BCUT2D eigenvalue weighted by Gasteiger charge is -2.24. The van der Waals surface area contributed by atoms with Crippen LogP contribution < -0.4 is 4.90 Å². The monoisotopic (exact) mass is 310 g/mol. The largest absolute Gasteiger partial charge is 0.348 e. The molecule has 116 valence electrons. The molecule has 0 aliphatic rings. The first kappa shape index (κ1) is 15.2. The summed E-state index contributed by atoms with van der Waals surface area (Å²) < 4.78 is 27.0. The van der Waals surface area contributed by atoms with E-state index in [1.54, 1.807) is 30.5 Å². The summed E-state index contributed by atoms with van der Waals surface area (Å²) in [7, 11) is 0. The Morgan fingerprint density at radius 2 is 1.52 bits per heavy atom. The van der Waals surface area contributed by atoms with Crippen LogP contribution in [0.5, 0.6) is 0 Å². The zero-order valence-corrected chi connectivity index (χ0v) is 12.5. The summed E-state index contributed by atoms with van der Waals surface area (Å²) >= 11 is 0. The van der Waals surface area contributed by atoms with E-state index in [0.717, 1.165) is 11.4 Å². The van der Waals surface area contributed by atoms with Crippen molar-refractivity contribution in [3.05, 3.63) is 95.7 Å². The highest BCUT2D eigenvalue weighted by atomic mass is 19.1. The van der Waals surface area contributed by atoms with Crippen molar-refractivity contribution in [1.82, 2.24) is 4.98 Å². The van der Waals surface area contributed by atoms with Gasteiger partial charge in [-0.1, -0.05) is 36.4 Å². The Hall–Kier alpha value is -2.75. The van der Waals surface area contributed by atoms with Crippen molar-refractivity contribution in [2.45, 2.75) is 13.1 Å². The molecule has 0 fully saturated rings. The molecule has 0 radical (unpaired) electrons. The topological polar surface area (TPSA) is 16.1 Å². The molecule has 0 atom stereocenters. The van der Waals surface area contributed by atoms with E-state index in [2.05, 4.69) is 4.98 Å². The normalized spacial score (nSPS) is 10.5. The van der Waals surface area contributed by atoms with Crippen molar-refractivity contribution >= 4 is 5.82 Å². The van der Waals surface area contributed by atoms with Crippen molar-refractivity contribution < 1.29 is 8.78 Å². The van der Waals surface area contributed by atoms with Crippen LogP contribution in [0, 0.1) is 11.6 Å². The second-order valence-electron chi connectivity index (χ2n) is 5.26. The number of nitrogens with zero attached hydrogens (tertiary/aromatic N) is 2. The number of hydrogen-bond acceptors (Lipinski definition) is 2. The third kappa shape index (κ3) is 3.92. The maximum Gasteiger partial charge on any atom is 0.129 e. The fourth-order valence-electron chi connectivity index (χ4n) is 2.40. The van der Waals surface area contributed by atoms with E-state index in [1.165, 1.54) is 18.2 Å². The summed E-state index contributed by atoms with van der Waals surface area (Å²) in [5.41, 5.74) is 1.54. The van der Waals surface area contributed by atoms with Gasteiger partial charge >= 0.3 is 0 Å². The number of anilines is 1. The molecule has 3 aromatic rings. The Bertz CT molecular complexity index is 758. The molecule has 0 saturated heterocycles. The zero-order chi connectivity index (χ0) is 16.1. The number of benzene rings is 2. The SMILES string of the molecule is Fc1ccc(CN(Cc2ccccc2F)c2ccccn2)cc1. The van der Waals surface area contributed by atoms with E-state index in [-0.39, 0.29) is 11.6 Å². The zero-order valence-electron chi connectivity index (χ0n) is 12.5. The molecule has 3 rings (SSSR count). The summed E-state index contributed by atoms with van der Waals surface area (Å²) in [6, 6.07) is 18.6. The summed E-state index contributed by atoms with van der Waals surface area (Å²) in [5.74, 6) is 0.236. The van der Waals surface area contributed by atoms with Gasteiger partial charge in [-0.25, -0.2) is 13.8 Å². The van der Waals surface area contributed by atoms with Gasteiger partial charge in [-0.3, -0.25) is 0 Å². The van der Waals surface area contributed by atoms with Crippen LogP contribution in [0.2, 0.25) is 0 Å². The van der Waals surface area contributed by atoms with Gasteiger partial charge in [0.25, 0.3) is 0 Å². The Morgan fingerprint density at radius 3 is 2.22 bits per heavy atom.